The lowest BCUT2D eigenvalue weighted by molar-refractivity contribution is 0.252. The molecule has 25 heavy (non-hydrogen) atoms. The number of nitriles is 1. The molecule has 0 bridgehead atoms. The first kappa shape index (κ1) is 16.3. The van der Waals surface area contributed by atoms with Gasteiger partial charge in [-0.1, -0.05) is 30.3 Å². The number of hydrogen-bond donors (Lipinski definition) is 2. The van der Waals surface area contributed by atoms with Gasteiger partial charge in [-0.15, -0.1) is 0 Å². The van der Waals surface area contributed by atoms with Crippen LogP contribution >= 0.6 is 0 Å². The summed E-state index contributed by atoms with van der Waals surface area (Å²) in [6.07, 6.45) is 2.14. The molecule has 0 saturated carbocycles. The van der Waals surface area contributed by atoms with E-state index < -0.39 is 0 Å². The number of para-hydroxylation sites is 1. The Morgan fingerprint density at radius 3 is 2.68 bits per heavy atom. The molecular weight excluding hydrogens is 316 g/mol. The van der Waals surface area contributed by atoms with Gasteiger partial charge in [0.2, 0.25) is 5.89 Å². The van der Waals surface area contributed by atoms with Crippen molar-refractivity contribution in [2.45, 2.75) is 6.42 Å². The lowest BCUT2D eigenvalue weighted by Crippen LogP contribution is -2.30. The van der Waals surface area contributed by atoms with Gasteiger partial charge in [-0.3, -0.25) is 0 Å². The highest BCUT2D eigenvalue weighted by Gasteiger charge is 2.08. The molecule has 1 aromatic heterocycles. The average molecular weight is 332 g/mol. The molecule has 0 aliphatic heterocycles. The molecule has 2 aromatic carbocycles. The third-order valence-electron chi connectivity index (χ3n) is 3.53. The summed E-state index contributed by atoms with van der Waals surface area (Å²) in [6.45, 7) is 0.404. The van der Waals surface area contributed by atoms with Crippen molar-refractivity contribution in [2.24, 2.45) is 0 Å². The van der Waals surface area contributed by atoms with E-state index in [4.69, 9.17) is 9.68 Å². The van der Waals surface area contributed by atoms with Gasteiger partial charge < -0.3 is 15.1 Å². The van der Waals surface area contributed by atoms with E-state index in [9.17, 15) is 4.79 Å². The average Bonchev–Trinajstić information content (AvgIpc) is 3.12. The molecule has 3 rings (SSSR count). The maximum Gasteiger partial charge on any atom is 0.319 e. The minimum atomic E-state index is -0.366. The monoisotopic (exact) mass is 332 g/mol. The summed E-state index contributed by atoms with van der Waals surface area (Å²) in [6, 6.07) is 18.1. The van der Waals surface area contributed by atoms with Gasteiger partial charge in [-0.05, 0) is 24.3 Å². The number of nitrogens with one attached hydrogen (secondary N) is 2. The Labute approximate surface area is 145 Å². The zero-order chi connectivity index (χ0) is 17.5. The number of benzene rings is 2. The minimum absolute atomic E-state index is 0.366. The van der Waals surface area contributed by atoms with Crippen LogP contribution in [0.1, 0.15) is 11.3 Å². The molecule has 0 atom stereocenters. The predicted molar refractivity (Wildman–Crippen MR) is 93.8 cm³/mol. The van der Waals surface area contributed by atoms with E-state index in [0.717, 1.165) is 11.3 Å². The van der Waals surface area contributed by atoms with Gasteiger partial charge in [0.25, 0.3) is 0 Å². The van der Waals surface area contributed by atoms with Crippen molar-refractivity contribution in [3.63, 3.8) is 0 Å². The van der Waals surface area contributed by atoms with Gasteiger partial charge in [0.15, 0.2) is 0 Å². The lowest BCUT2D eigenvalue weighted by Gasteiger charge is -2.07. The Morgan fingerprint density at radius 1 is 1.12 bits per heavy atom. The van der Waals surface area contributed by atoms with Crippen molar-refractivity contribution in [2.75, 3.05) is 11.9 Å². The van der Waals surface area contributed by atoms with Gasteiger partial charge >= 0.3 is 6.03 Å². The Bertz CT molecular complexity index is 897. The third-order valence-corrected chi connectivity index (χ3v) is 3.53. The molecular formula is C19H16N4O2. The van der Waals surface area contributed by atoms with Crippen LogP contribution in [0.3, 0.4) is 0 Å². The fourth-order valence-electron chi connectivity index (χ4n) is 2.30. The van der Waals surface area contributed by atoms with Crippen LogP contribution in [0.2, 0.25) is 0 Å². The SMILES string of the molecule is N#Cc1ccccc1NC(=O)NCCc1coc(-c2ccccc2)n1. The number of amides is 2. The number of hydrogen-bond acceptors (Lipinski definition) is 4. The van der Waals surface area contributed by atoms with Crippen LogP contribution in [0, 0.1) is 11.3 Å². The number of nitrogens with zero attached hydrogens (tertiary/aromatic N) is 2. The van der Waals surface area contributed by atoms with E-state index >= 15 is 0 Å². The molecule has 0 aliphatic carbocycles. The molecule has 0 fully saturated rings. The van der Waals surface area contributed by atoms with Gasteiger partial charge in [-0.25, -0.2) is 9.78 Å². The predicted octanol–water partition coefficient (Wildman–Crippen LogP) is 3.58. The first-order valence-electron chi connectivity index (χ1n) is 7.80. The zero-order valence-corrected chi connectivity index (χ0v) is 13.4. The maximum atomic E-state index is 11.9. The maximum absolute atomic E-state index is 11.9. The lowest BCUT2D eigenvalue weighted by atomic mass is 10.2. The fourth-order valence-corrected chi connectivity index (χ4v) is 2.30. The summed E-state index contributed by atoms with van der Waals surface area (Å²) < 4.78 is 5.46. The second-order valence-electron chi connectivity index (χ2n) is 5.30. The molecule has 1 heterocycles. The fraction of sp³-hybridized carbons (Fsp3) is 0.105. The molecule has 2 N–H and O–H groups in total. The van der Waals surface area contributed by atoms with Gasteiger partial charge in [0.05, 0.1) is 16.9 Å². The van der Waals surface area contributed by atoms with Crippen molar-refractivity contribution < 1.29 is 9.21 Å². The number of urea groups is 1. The molecule has 6 heteroatoms. The summed E-state index contributed by atoms with van der Waals surface area (Å²) >= 11 is 0. The molecule has 0 aliphatic rings. The van der Waals surface area contributed by atoms with Crippen LogP contribution in [-0.4, -0.2) is 17.6 Å². The Kier molecular flexibility index (Phi) is 5.07. The van der Waals surface area contributed by atoms with Crippen LogP contribution in [0.25, 0.3) is 11.5 Å². The highest BCUT2D eigenvalue weighted by molar-refractivity contribution is 5.90. The summed E-state index contributed by atoms with van der Waals surface area (Å²) in [7, 11) is 0. The molecule has 3 aromatic rings. The Morgan fingerprint density at radius 2 is 1.88 bits per heavy atom. The van der Waals surface area contributed by atoms with Gasteiger partial charge in [0, 0.05) is 18.5 Å². The first-order chi connectivity index (χ1) is 12.3. The largest absolute Gasteiger partial charge is 0.444 e. The van der Waals surface area contributed by atoms with E-state index in [1.165, 1.54) is 0 Å². The number of anilines is 1. The topological polar surface area (TPSA) is 91.0 Å². The quantitative estimate of drug-likeness (QED) is 0.747. The number of rotatable bonds is 5. The van der Waals surface area contributed by atoms with Gasteiger partial charge in [-0.2, -0.15) is 5.26 Å². The third kappa shape index (κ3) is 4.24. The first-order valence-corrected chi connectivity index (χ1v) is 7.80. The van der Waals surface area contributed by atoms with Crippen LogP contribution in [0.15, 0.2) is 65.3 Å². The molecule has 0 unspecified atom stereocenters. The summed E-state index contributed by atoms with van der Waals surface area (Å²) in [4.78, 5) is 16.3. The van der Waals surface area contributed by atoms with Crippen LogP contribution < -0.4 is 10.6 Å². The number of aromatic nitrogens is 1. The standard InChI is InChI=1S/C19H16N4O2/c20-12-15-8-4-5-9-17(15)23-19(24)21-11-10-16-13-25-18(22-16)14-6-2-1-3-7-14/h1-9,13H,10-11H2,(H2,21,23,24). The normalized spacial score (nSPS) is 10.0. The molecule has 0 radical (unpaired) electrons. The van der Waals surface area contributed by atoms with Crippen LogP contribution in [0.5, 0.6) is 0 Å². The number of carbonyl (C=O) groups excluding carboxylic acids is 1. The highest BCUT2D eigenvalue weighted by atomic mass is 16.3. The Balaban J connectivity index is 1.51. The summed E-state index contributed by atoms with van der Waals surface area (Å²) in [5.74, 6) is 0.558. The van der Waals surface area contributed by atoms with E-state index in [0.29, 0.717) is 30.1 Å². The molecule has 0 saturated heterocycles. The molecule has 124 valence electrons. The molecule has 6 nitrogen and oxygen atoms in total. The van der Waals surface area contributed by atoms with Crippen LogP contribution in [-0.2, 0) is 6.42 Å². The zero-order valence-electron chi connectivity index (χ0n) is 13.4. The smallest absolute Gasteiger partial charge is 0.319 e. The number of oxazole rings is 1. The molecule has 0 spiro atoms. The summed E-state index contributed by atoms with van der Waals surface area (Å²) in [5, 5.41) is 14.4. The minimum Gasteiger partial charge on any atom is -0.444 e. The number of carbonyl (C=O) groups is 1. The Hall–Kier alpha value is -3.59. The highest BCUT2D eigenvalue weighted by Crippen LogP contribution is 2.18. The van der Waals surface area contributed by atoms with E-state index in [2.05, 4.69) is 15.6 Å². The van der Waals surface area contributed by atoms with Crippen molar-refractivity contribution in [3.05, 3.63) is 72.1 Å². The van der Waals surface area contributed by atoms with Crippen molar-refractivity contribution in [1.82, 2.24) is 10.3 Å². The second kappa shape index (κ2) is 7.79. The van der Waals surface area contributed by atoms with E-state index in [1.54, 1.807) is 30.5 Å². The summed E-state index contributed by atoms with van der Waals surface area (Å²) in [5.41, 5.74) is 2.57. The van der Waals surface area contributed by atoms with Crippen molar-refractivity contribution in [3.8, 4) is 17.5 Å². The second-order valence-corrected chi connectivity index (χ2v) is 5.30. The van der Waals surface area contributed by atoms with E-state index in [-0.39, 0.29) is 6.03 Å². The molecule has 2 amide bonds. The van der Waals surface area contributed by atoms with Gasteiger partial charge in [0.1, 0.15) is 12.3 Å². The van der Waals surface area contributed by atoms with Crippen LogP contribution in [0.4, 0.5) is 10.5 Å². The van der Waals surface area contributed by atoms with Crippen molar-refractivity contribution in [1.29, 1.82) is 5.26 Å². The van der Waals surface area contributed by atoms with E-state index in [1.807, 2.05) is 36.4 Å². The van der Waals surface area contributed by atoms with Crippen molar-refractivity contribution >= 4 is 11.7 Å².